The van der Waals surface area contributed by atoms with Gasteiger partial charge in [-0.3, -0.25) is 9.78 Å². The van der Waals surface area contributed by atoms with Crippen LogP contribution in [0.3, 0.4) is 0 Å². The molecule has 0 aliphatic heterocycles. The SMILES string of the molecule is O=C(NCCc1ccc2[nH]c(=O)oc2c1)c1c(F)cccc1Cl. The number of halogens is 2. The maximum Gasteiger partial charge on any atom is 0.417 e. The maximum absolute atomic E-state index is 13.6. The van der Waals surface area contributed by atoms with Crippen LogP contribution in [-0.2, 0) is 6.42 Å². The Morgan fingerprint density at radius 3 is 2.91 bits per heavy atom. The highest BCUT2D eigenvalue weighted by molar-refractivity contribution is 6.33. The summed E-state index contributed by atoms with van der Waals surface area (Å²) in [5.41, 5.74) is 1.78. The van der Waals surface area contributed by atoms with E-state index in [0.717, 1.165) is 5.56 Å². The molecule has 1 heterocycles. The molecule has 0 aliphatic rings. The second-order valence-electron chi connectivity index (χ2n) is 4.95. The van der Waals surface area contributed by atoms with E-state index in [-0.39, 0.29) is 10.6 Å². The monoisotopic (exact) mass is 334 g/mol. The molecular formula is C16H12ClFN2O3. The fourth-order valence-corrected chi connectivity index (χ4v) is 2.52. The lowest BCUT2D eigenvalue weighted by Crippen LogP contribution is -2.26. The van der Waals surface area contributed by atoms with Crippen LogP contribution >= 0.6 is 11.6 Å². The summed E-state index contributed by atoms with van der Waals surface area (Å²) >= 11 is 5.84. The smallest absolute Gasteiger partial charge is 0.408 e. The topological polar surface area (TPSA) is 75.1 Å². The third kappa shape index (κ3) is 3.27. The molecule has 0 saturated carbocycles. The van der Waals surface area contributed by atoms with Crippen molar-refractivity contribution in [2.45, 2.75) is 6.42 Å². The Labute approximate surface area is 135 Å². The molecule has 23 heavy (non-hydrogen) atoms. The summed E-state index contributed by atoms with van der Waals surface area (Å²) in [5, 5.41) is 2.69. The number of H-pyrrole nitrogens is 1. The van der Waals surface area contributed by atoms with Crippen molar-refractivity contribution < 1.29 is 13.6 Å². The lowest BCUT2D eigenvalue weighted by molar-refractivity contribution is 0.0950. The van der Waals surface area contributed by atoms with Crippen molar-refractivity contribution in [1.82, 2.24) is 10.3 Å². The third-order valence-electron chi connectivity index (χ3n) is 3.37. The van der Waals surface area contributed by atoms with Crippen LogP contribution in [0.1, 0.15) is 15.9 Å². The minimum Gasteiger partial charge on any atom is -0.408 e. The second kappa shape index (κ2) is 6.26. The summed E-state index contributed by atoms with van der Waals surface area (Å²) < 4.78 is 18.6. The molecule has 0 unspecified atom stereocenters. The number of aromatic amines is 1. The van der Waals surface area contributed by atoms with Gasteiger partial charge in [0.2, 0.25) is 0 Å². The Hall–Kier alpha value is -2.60. The molecule has 7 heteroatoms. The number of aromatic nitrogens is 1. The van der Waals surface area contributed by atoms with E-state index in [0.29, 0.717) is 24.1 Å². The molecule has 3 rings (SSSR count). The van der Waals surface area contributed by atoms with Gasteiger partial charge in [-0.05, 0) is 36.2 Å². The van der Waals surface area contributed by atoms with Gasteiger partial charge in [-0.25, -0.2) is 9.18 Å². The number of rotatable bonds is 4. The van der Waals surface area contributed by atoms with Crippen LogP contribution in [0.15, 0.2) is 45.6 Å². The van der Waals surface area contributed by atoms with Gasteiger partial charge in [0.05, 0.1) is 16.1 Å². The molecule has 0 atom stereocenters. The minimum atomic E-state index is -0.662. The number of carbonyl (C=O) groups excluding carboxylic acids is 1. The van der Waals surface area contributed by atoms with E-state index in [9.17, 15) is 14.0 Å². The highest BCUT2D eigenvalue weighted by Crippen LogP contribution is 2.18. The number of hydrogen-bond donors (Lipinski definition) is 2. The van der Waals surface area contributed by atoms with Crippen LogP contribution in [-0.4, -0.2) is 17.4 Å². The zero-order valence-electron chi connectivity index (χ0n) is 11.9. The van der Waals surface area contributed by atoms with Gasteiger partial charge in [-0.2, -0.15) is 0 Å². The van der Waals surface area contributed by atoms with Crippen molar-refractivity contribution in [2.24, 2.45) is 0 Å². The lowest BCUT2D eigenvalue weighted by Gasteiger charge is -2.07. The van der Waals surface area contributed by atoms with Crippen molar-refractivity contribution in [3.63, 3.8) is 0 Å². The molecule has 3 aromatic rings. The van der Waals surface area contributed by atoms with E-state index in [1.807, 2.05) is 6.07 Å². The Morgan fingerprint density at radius 1 is 1.30 bits per heavy atom. The van der Waals surface area contributed by atoms with E-state index in [2.05, 4.69) is 10.3 Å². The average Bonchev–Trinajstić information content (AvgIpc) is 2.86. The summed E-state index contributed by atoms with van der Waals surface area (Å²) in [6, 6.07) is 9.34. The summed E-state index contributed by atoms with van der Waals surface area (Å²) in [6.45, 7) is 0.295. The van der Waals surface area contributed by atoms with Gasteiger partial charge in [-0.15, -0.1) is 0 Å². The first-order valence-electron chi connectivity index (χ1n) is 6.88. The fourth-order valence-electron chi connectivity index (χ4n) is 2.27. The zero-order chi connectivity index (χ0) is 16.4. The fraction of sp³-hybridized carbons (Fsp3) is 0.125. The number of carbonyl (C=O) groups is 1. The standard InChI is InChI=1S/C16H12ClFN2O3/c17-10-2-1-3-11(18)14(10)15(21)19-7-6-9-4-5-12-13(8-9)23-16(22)20-12/h1-5,8H,6-7H2,(H,19,21)(H,20,22). The van der Waals surface area contributed by atoms with Crippen molar-refractivity contribution >= 4 is 28.6 Å². The molecule has 5 nitrogen and oxygen atoms in total. The van der Waals surface area contributed by atoms with Gasteiger partial charge in [0.1, 0.15) is 5.82 Å². The highest BCUT2D eigenvalue weighted by atomic mass is 35.5. The highest BCUT2D eigenvalue weighted by Gasteiger charge is 2.15. The van der Waals surface area contributed by atoms with E-state index >= 15 is 0 Å². The van der Waals surface area contributed by atoms with Crippen LogP contribution in [0.25, 0.3) is 11.1 Å². The molecule has 118 valence electrons. The van der Waals surface area contributed by atoms with Crippen LogP contribution in [0.2, 0.25) is 5.02 Å². The summed E-state index contributed by atoms with van der Waals surface area (Å²) in [7, 11) is 0. The molecular weight excluding hydrogens is 323 g/mol. The summed E-state index contributed by atoms with van der Waals surface area (Å²) in [5.74, 6) is -1.74. The van der Waals surface area contributed by atoms with Gasteiger partial charge in [0.15, 0.2) is 5.58 Å². The van der Waals surface area contributed by atoms with E-state index in [4.69, 9.17) is 16.0 Å². The molecule has 0 saturated heterocycles. The van der Waals surface area contributed by atoms with E-state index in [1.165, 1.54) is 18.2 Å². The van der Waals surface area contributed by atoms with E-state index in [1.54, 1.807) is 12.1 Å². The first kappa shape index (κ1) is 15.3. The van der Waals surface area contributed by atoms with Gasteiger partial charge in [-0.1, -0.05) is 23.7 Å². The molecule has 0 fully saturated rings. The Bertz CT molecular complexity index is 912. The van der Waals surface area contributed by atoms with Gasteiger partial charge < -0.3 is 9.73 Å². The van der Waals surface area contributed by atoms with E-state index < -0.39 is 17.5 Å². The Morgan fingerprint density at radius 2 is 2.13 bits per heavy atom. The van der Waals surface area contributed by atoms with Crippen LogP contribution in [0.5, 0.6) is 0 Å². The number of nitrogens with one attached hydrogen (secondary N) is 2. The molecule has 2 aromatic carbocycles. The predicted octanol–water partition coefficient (Wildman–Crippen LogP) is 2.89. The van der Waals surface area contributed by atoms with Crippen molar-refractivity contribution in [2.75, 3.05) is 6.54 Å². The first-order chi connectivity index (χ1) is 11.0. The maximum atomic E-state index is 13.6. The largest absolute Gasteiger partial charge is 0.417 e. The molecule has 2 N–H and O–H groups in total. The number of amides is 1. The summed E-state index contributed by atoms with van der Waals surface area (Å²) in [6.07, 6.45) is 0.503. The van der Waals surface area contributed by atoms with Crippen LogP contribution in [0, 0.1) is 5.82 Å². The van der Waals surface area contributed by atoms with Gasteiger partial charge >= 0.3 is 5.76 Å². The number of hydrogen-bond acceptors (Lipinski definition) is 3. The lowest BCUT2D eigenvalue weighted by atomic mass is 10.1. The summed E-state index contributed by atoms with van der Waals surface area (Å²) in [4.78, 5) is 25.6. The van der Waals surface area contributed by atoms with Crippen molar-refractivity contribution in [3.05, 3.63) is 68.9 Å². The molecule has 0 radical (unpaired) electrons. The second-order valence-corrected chi connectivity index (χ2v) is 5.35. The molecule has 1 aromatic heterocycles. The molecule has 0 bridgehead atoms. The Balaban J connectivity index is 1.66. The molecule has 0 aliphatic carbocycles. The number of oxazole rings is 1. The number of fused-ring (bicyclic) bond motifs is 1. The number of benzene rings is 2. The molecule has 1 amide bonds. The quantitative estimate of drug-likeness (QED) is 0.770. The predicted molar refractivity (Wildman–Crippen MR) is 84.3 cm³/mol. The van der Waals surface area contributed by atoms with Gasteiger partial charge in [0.25, 0.3) is 5.91 Å². The first-order valence-corrected chi connectivity index (χ1v) is 7.26. The minimum absolute atomic E-state index is 0.0676. The van der Waals surface area contributed by atoms with Gasteiger partial charge in [0, 0.05) is 6.54 Å². The normalized spacial score (nSPS) is 10.9. The third-order valence-corrected chi connectivity index (χ3v) is 3.69. The zero-order valence-corrected chi connectivity index (χ0v) is 12.6. The van der Waals surface area contributed by atoms with Crippen LogP contribution < -0.4 is 11.1 Å². The Kier molecular flexibility index (Phi) is 4.16. The van der Waals surface area contributed by atoms with Crippen molar-refractivity contribution in [1.29, 1.82) is 0 Å². The molecule has 0 spiro atoms. The van der Waals surface area contributed by atoms with Crippen molar-refractivity contribution in [3.8, 4) is 0 Å². The average molecular weight is 335 g/mol. The van der Waals surface area contributed by atoms with Crippen LogP contribution in [0.4, 0.5) is 4.39 Å².